The maximum absolute atomic E-state index is 2.40. The summed E-state index contributed by atoms with van der Waals surface area (Å²) in [4.78, 5) is 0. The first-order valence-corrected chi connectivity index (χ1v) is 14.9. The number of hydrogen-bond donors (Lipinski definition) is 0. The highest BCUT2D eigenvalue weighted by Gasteiger charge is 2.46. The molecule has 2 heteroatoms. The average Bonchev–Trinajstić information content (AvgIpc) is 2.98. The van der Waals surface area contributed by atoms with Crippen LogP contribution in [0.15, 0.2) is 158 Å². The lowest BCUT2D eigenvalue weighted by Crippen LogP contribution is -3.00. The van der Waals surface area contributed by atoms with Gasteiger partial charge in [0.1, 0.15) is 23.2 Å². The highest BCUT2D eigenvalue weighted by Crippen LogP contribution is 2.59. The lowest BCUT2D eigenvalue weighted by molar-refractivity contribution is -0.00000709. The molecule has 0 spiro atoms. The van der Waals surface area contributed by atoms with Gasteiger partial charge >= 0.3 is 0 Å². The van der Waals surface area contributed by atoms with Crippen LogP contribution < -0.4 is 28.3 Å². The summed E-state index contributed by atoms with van der Waals surface area (Å²) >= 11 is 0. The van der Waals surface area contributed by atoms with Crippen LogP contribution in [0.3, 0.4) is 0 Å². The second kappa shape index (κ2) is 11.8. The molecule has 0 atom stereocenters. The minimum absolute atomic E-state index is 0. The van der Waals surface area contributed by atoms with E-state index >= 15 is 0 Å². The maximum atomic E-state index is 2.40. The molecule has 0 saturated carbocycles. The van der Waals surface area contributed by atoms with Gasteiger partial charge in [-0.1, -0.05) is 127 Å². The van der Waals surface area contributed by atoms with Crippen molar-refractivity contribution in [3.63, 3.8) is 0 Å². The SMILES string of the molecule is [Cl-].c1ccc(C[P+](c2ccccc2)(c2ccccc2)c2ccccc2Cc2cccc3ccccc23)cc1. The van der Waals surface area contributed by atoms with E-state index in [1.165, 1.54) is 43.4 Å². The molecule has 6 aromatic rings. The van der Waals surface area contributed by atoms with E-state index in [9.17, 15) is 0 Å². The Morgan fingerprint density at radius 1 is 0.421 bits per heavy atom. The van der Waals surface area contributed by atoms with Crippen molar-refractivity contribution < 1.29 is 12.4 Å². The van der Waals surface area contributed by atoms with E-state index in [4.69, 9.17) is 0 Å². The Morgan fingerprint density at radius 2 is 0.921 bits per heavy atom. The van der Waals surface area contributed by atoms with E-state index in [1.54, 1.807) is 0 Å². The second-order valence-electron chi connectivity index (χ2n) is 9.57. The molecule has 6 aromatic carbocycles. The largest absolute Gasteiger partial charge is 1.00 e. The summed E-state index contributed by atoms with van der Waals surface area (Å²) in [6.07, 6.45) is 1.90. The minimum atomic E-state index is -2.01. The highest BCUT2D eigenvalue weighted by atomic mass is 35.5. The fraction of sp³-hybridized carbons (Fsp3) is 0.0556. The summed E-state index contributed by atoms with van der Waals surface area (Å²) in [5.41, 5.74) is 4.17. The Kier molecular flexibility index (Phi) is 8.04. The molecule has 0 fully saturated rings. The van der Waals surface area contributed by atoms with Gasteiger partial charge in [0.2, 0.25) is 0 Å². The third kappa shape index (κ3) is 5.03. The van der Waals surface area contributed by atoms with Gasteiger partial charge in [-0.25, -0.2) is 0 Å². The molecular formula is C36H30ClP. The van der Waals surface area contributed by atoms with Gasteiger partial charge in [0.05, 0.1) is 6.16 Å². The highest BCUT2D eigenvalue weighted by molar-refractivity contribution is 7.95. The lowest BCUT2D eigenvalue weighted by atomic mass is 9.98. The summed E-state index contributed by atoms with van der Waals surface area (Å²) in [6.45, 7) is 0. The molecule has 38 heavy (non-hydrogen) atoms. The van der Waals surface area contributed by atoms with Gasteiger partial charge in [0, 0.05) is 6.42 Å². The zero-order valence-corrected chi connectivity index (χ0v) is 22.9. The number of fused-ring (bicyclic) bond motifs is 1. The van der Waals surface area contributed by atoms with Gasteiger partial charge in [-0.05, 0) is 57.8 Å². The van der Waals surface area contributed by atoms with E-state index in [0.717, 1.165) is 12.6 Å². The zero-order valence-electron chi connectivity index (χ0n) is 21.3. The number of benzene rings is 6. The average molecular weight is 529 g/mol. The molecule has 0 saturated heterocycles. The Balaban J connectivity index is 0.00000294. The van der Waals surface area contributed by atoms with Gasteiger partial charge in [-0.2, -0.15) is 0 Å². The first-order chi connectivity index (χ1) is 18.3. The van der Waals surface area contributed by atoms with Gasteiger partial charge < -0.3 is 12.4 Å². The summed E-state index contributed by atoms with van der Waals surface area (Å²) in [5.74, 6) is 0. The quantitative estimate of drug-likeness (QED) is 0.258. The number of halogens is 1. The van der Waals surface area contributed by atoms with E-state index in [0.29, 0.717) is 0 Å². The van der Waals surface area contributed by atoms with Crippen molar-refractivity contribution in [1.82, 2.24) is 0 Å². The Morgan fingerprint density at radius 3 is 1.61 bits per heavy atom. The predicted molar refractivity (Wildman–Crippen MR) is 162 cm³/mol. The summed E-state index contributed by atoms with van der Waals surface area (Å²) < 4.78 is 0. The Hall–Kier alpha value is -3.70. The molecular weight excluding hydrogens is 499 g/mol. The fourth-order valence-electron chi connectivity index (χ4n) is 5.60. The molecule has 0 amide bonds. The van der Waals surface area contributed by atoms with Gasteiger partial charge in [-0.15, -0.1) is 0 Å². The summed E-state index contributed by atoms with van der Waals surface area (Å²) in [6, 6.07) is 58.1. The predicted octanol–water partition coefficient (Wildman–Crippen LogP) is 4.93. The standard InChI is InChI=1S/C36H30P.ClH/c1-4-15-29(16-5-1)28-37(33-21-6-2-7-22-33,34-23-8-3-9-24-34)36-26-13-11-18-32(36)27-31-20-14-19-30-17-10-12-25-35(30)31;/h1-26H,27-28H2;1H/q+1;/p-1. The van der Waals surface area contributed by atoms with Crippen LogP contribution in [-0.2, 0) is 12.6 Å². The molecule has 0 aromatic heterocycles. The van der Waals surface area contributed by atoms with Crippen molar-refractivity contribution in [2.45, 2.75) is 12.6 Å². The maximum Gasteiger partial charge on any atom is 0.116 e. The van der Waals surface area contributed by atoms with Crippen LogP contribution in [0, 0.1) is 0 Å². The zero-order chi connectivity index (χ0) is 24.9. The van der Waals surface area contributed by atoms with Crippen molar-refractivity contribution in [3.8, 4) is 0 Å². The van der Waals surface area contributed by atoms with Crippen LogP contribution in [0.4, 0.5) is 0 Å². The molecule has 0 radical (unpaired) electrons. The van der Waals surface area contributed by atoms with Crippen LogP contribution in [0.2, 0.25) is 0 Å². The van der Waals surface area contributed by atoms with Gasteiger partial charge in [0.15, 0.2) is 0 Å². The van der Waals surface area contributed by atoms with Crippen molar-refractivity contribution >= 4 is 33.9 Å². The van der Waals surface area contributed by atoms with Gasteiger partial charge in [-0.3, -0.25) is 0 Å². The van der Waals surface area contributed by atoms with Crippen LogP contribution in [0.1, 0.15) is 16.7 Å². The lowest BCUT2D eigenvalue weighted by Gasteiger charge is -2.29. The Labute approximate surface area is 232 Å². The molecule has 0 aliphatic heterocycles. The van der Waals surface area contributed by atoms with E-state index < -0.39 is 7.26 Å². The summed E-state index contributed by atoms with van der Waals surface area (Å²) in [5, 5.41) is 6.97. The molecule has 6 rings (SSSR count). The smallest absolute Gasteiger partial charge is 0.116 e. The number of hydrogen-bond acceptors (Lipinski definition) is 0. The normalized spacial score (nSPS) is 11.2. The van der Waals surface area contributed by atoms with E-state index in [-0.39, 0.29) is 12.4 Å². The number of rotatable bonds is 7. The van der Waals surface area contributed by atoms with Crippen molar-refractivity contribution in [1.29, 1.82) is 0 Å². The van der Waals surface area contributed by atoms with E-state index in [1.807, 2.05) is 0 Å². The third-order valence-corrected chi connectivity index (χ3v) is 11.8. The molecule has 0 nitrogen and oxygen atoms in total. The minimum Gasteiger partial charge on any atom is -1.00 e. The first-order valence-electron chi connectivity index (χ1n) is 12.9. The van der Waals surface area contributed by atoms with Crippen molar-refractivity contribution in [2.75, 3.05) is 0 Å². The Bertz CT molecular complexity index is 1570. The molecule has 0 bridgehead atoms. The molecule has 0 heterocycles. The fourth-order valence-corrected chi connectivity index (χ4v) is 10.1. The monoisotopic (exact) mass is 528 g/mol. The molecule has 0 N–H and O–H groups in total. The van der Waals surface area contributed by atoms with Crippen LogP contribution >= 0.6 is 7.26 Å². The van der Waals surface area contributed by atoms with Gasteiger partial charge in [0.25, 0.3) is 0 Å². The van der Waals surface area contributed by atoms with Crippen LogP contribution in [0.5, 0.6) is 0 Å². The summed E-state index contributed by atoms with van der Waals surface area (Å²) in [7, 11) is -2.01. The van der Waals surface area contributed by atoms with Crippen LogP contribution in [0.25, 0.3) is 10.8 Å². The first kappa shape index (κ1) is 25.9. The second-order valence-corrected chi connectivity index (χ2v) is 13.0. The van der Waals surface area contributed by atoms with Crippen molar-refractivity contribution in [3.05, 3.63) is 174 Å². The van der Waals surface area contributed by atoms with Crippen LogP contribution in [-0.4, -0.2) is 0 Å². The molecule has 0 aliphatic carbocycles. The van der Waals surface area contributed by atoms with Crippen molar-refractivity contribution in [2.24, 2.45) is 0 Å². The molecule has 186 valence electrons. The van der Waals surface area contributed by atoms with E-state index in [2.05, 4.69) is 158 Å². The third-order valence-electron chi connectivity index (χ3n) is 7.32. The molecule has 0 unspecified atom stereocenters. The topological polar surface area (TPSA) is 0 Å². The molecule has 0 aliphatic rings.